The average molecular weight is 402 g/mol. The van der Waals surface area contributed by atoms with Crippen molar-refractivity contribution in [1.82, 2.24) is 16.0 Å². The lowest BCUT2D eigenvalue weighted by Gasteiger charge is -2.13. The van der Waals surface area contributed by atoms with E-state index in [1.165, 1.54) is 0 Å². The first-order chi connectivity index (χ1) is 13.3. The smallest absolute Gasteiger partial charge is 0.304 e. The lowest BCUT2D eigenvalue weighted by molar-refractivity contribution is -0.137. The highest BCUT2D eigenvalue weighted by molar-refractivity contribution is 5.86. The fraction of sp³-hybridized carbons (Fsp3) is 0.765. The summed E-state index contributed by atoms with van der Waals surface area (Å²) in [6.07, 6.45) is 3.36. The van der Waals surface area contributed by atoms with Crippen molar-refractivity contribution in [2.75, 3.05) is 26.2 Å². The molecule has 0 radical (unpaired) electrons. The summed E-state index contributed by atoms with van der Waals surface area (Å²) in [5.74, 6) is -1.81. The monoisotopic (exact) mass is 402 g/mol. The van der Waals surface area contributed by atoms with Gasteiger partial charge >= 0.3 is 5.97 Å². The first kappa shape index (κ1) is 25.6. The predicted molar refractivity (Wildman–Crippen MR) is 105 cm³/mol. The van der Waals surface area contributed by atoms with Gasteiger partial charge in [0.15, 0.2) is 5.96 Å². The Labute approximate surface area is 165 Å². The molecule has 0 aromatic carbocycles. The molecule has 0 bridgehead atoms. The number of unbranched alkanes of at least 4 members (excludes halogenated alkanes) is 4. The molecule has 0 saturated heterocycles. The van der Waals surface area contributed by atoms with Crippen LogP contribution in [0.3, 0.4) is 0 Å². The number of carbonyl (C=O) groups excluding carboxylic acids is 2. The number of nitrogens with one attached hydrogen (secondary N) is 3. The van der Waals surface area contributed by atoms with Crippen molar-refractivity contribution < 1.29 is 24.6 Å². The largest absolute Gasteiger partial charge is 0.481 e. The Balaban J connectivity index is 3.61. The van der Waals surface area contributed by atoms with E-state index in [9.17, 15) is 19.5 Å². The molecule has 2 amide bonds. The first-order valence-corrected chi connectivity index (χ1v) is 9.56. The van der Waals surface area contributed by atoms with Crippen LogP contribution in [0.2, 0.25) is 0 Å². The molecule has 28 heavy (non-hydrogen) atoms. The standard InChI is InChI=1S/C17H34N6O5/c18-17(19)22-11-4-2-1-3-7-13(24)23-16(28)15(27)21-10-6-5-9-20-12-8-14(25)26/h16,20,28H,1-12H2,(H,21,27)(H,23,24)(H,25,26)(H4,18,19,22). The van der Waals surface area contributed by atoms with Gasteiger partial charge in [-0.15, -0.1) is 0 Å². The Morgan fingerprint density at radius 3 is 2.25 bits per heavy atom. The number of carbonyl (C=O) groups is 3. The van der Waals surface area contributed by atoms with Crippen LogP contribution in [0.4, 0.5) is 0 Å². The van der Waals surface area contributed by atoms with Crippen molar-refractivity contribution in [3.05, 3.63) is 0 Å². The highest BCUT2D eigenvalue weighted by Crippen LogP contribution is 2.03. The number of carboxylic acid groups (broad SMARTS) is 1. The molecule has 0 spiro atoms. The van der Waals surface area contributed by atoms with Crippen LogP contribution < -0.4 is 27.4 Å². The van der Waals surface area contributed by atoms with E-state index >= 15 is 0 Å². The van der Waals surface area contributed by atoms with Crippen LogP contribution in [0.25, 0.3) is 0 Å². The molecule has 0 fully saturated rings. The molecule has 11 nitrogen and oxygen atoms in total. The van der Waals surface area contributed by atoms with Gasteiger partial charge in [-0.25, -0.2) is 0 Å². The number of aliphatic hydroxyl groups excluding tert-OH is 1. The number of guanidine groups is 1. The van der Waals surface area contributed by atoms with Gasteiger partial charge in [0.25, 0.3) is 5.91 Å². The van der Waals surface area contributed by atoms with Crippen LogP contribution in [0, 0.1) is 0 Å². The van der Waals surface area contributed by atoms with E-state index in [0.717, 1.165) is 25.7 Å². The number of aliphatic hydroxyl groups is 1. The van der Waals surface area contributed by atoms with Crippen molar-refractivity contribution >= 4 is 23.7 Å². The van der Waals surface area contributed by atoms with Crippen molar-refractivity contribution in [1.29, 1.82) is 0 Å². The molecule has 1 unspecified atom stereocenters. The Morgan fingerprint density at radius 2 is 1.57 bits per heavy atom. The summed E-state index contributed by atoms with van der Waals surface area (Å²) >= 11 is 0. The lowest BCUT2D eigenvalue weighted by Crippen LogP contribution is -2.46. The molecule has 9 N–H and O–H groups in total. The maximum Gasteiger partial charge on any atom is 0.304 e. The molecule has 11 heteroatoms. The molecule has 1 atom stereocenters. The minimum absolute atomic E-state index is 0.0686. The summed E-state index contributed by atoms with van der Waals surface area (Å²) in [6, 6.07) is 0. The number of hydrogen-bond donors (Lipinski definition) is 7. The third-order valence-electron chi connectivity index (χ3n) is 3.75. The van der Waals surface area contributed by atoms with E-state index in [2.05, 4.69) is 20.9 Å². The molecule has 0 heterocycles. The number of aliphatic imine (C=N–C) groups is 1. The summed E-state index contributed by atoms with van der Waals surface area (Å²) < 4.78 is 0. The minimum atomic E-state index is -1.57. The molecule has 0 aromatic heterocycles. The second-order valence-electron chi connectivity index (χ2n) is 6.33. The zero-order valence-electron chi connectivity index (χ0n) is 16.3. The van der Waals surface area contributed by atoms with Crippen LogP contribution in [0.15, 0.2) is 4.99 Å². The van der Waals surface area contributed by atoms with E-state index in [1.54, 1.807) is 0 Å². The Hall–Kier alpha value is -2.40. The van der Waals surface area contributed by atoms with Crippen molar-refractivity contribution in [2.24, 2.45) is 16.5 Å². The van der Waals surface area contributed by atoms with E-state index in [1.807, 2.05) is 0 Å². The Bertz CT molecular complexity index is 496. The number of carboxylic acids is 1. The third-order valence-corrected chi connectivity index (χ3v) is 3.75. The first-order valence-electron chi connectivity index (χ1n) is 9.56. The van der Waals surface area contributed by atoms with E-state index in [0.29, 0.717) is 39.0 Å². The fourth-order valence-corrected chi connectivity index (χ4v) is 2.25. The Kier molecular flexibility index (Phi) is 15.3. The molecule has 0 aliphatic rings. The van der Waals surface area contributed by atoms with Gasteiger partial charge in [0, 0.05) is 26.1 Å². The zero-order valence-corrected chi connectivity index (χ0v) is 16.3. The SMILES string of the molecule is NC(N)=NCCCCCCC(=O)NC(O)C(=O)NCCCCNCCC(=O)O. The fourth-order valence-electron chi connectivity index (χ4n) is 2.25. The summed E-state index contributed by atoms with van der Waals surface area (Å²) in [7, 11) is 0. The number of hydrogen-bond acceptors (Lipinski definition) is 6. The van der Waals surface area contributed by atoms with Gasteiger partial charge in [-0.3, -0.25) is 19.4 Å². The van der Waals surface area contributed by atoms with Gasteiger partial charge in [-0.2, -0.15) is 0 Å². The summed E-state index contributed by atoms with van der Waals surface area (Å²) in [5, 5.41) is 25.9. The molecule has 0 rings (SSSR count). The number of nitrogens with zero attached hydrogens (tertiary/aromatic N) is 1. The highest BCUT2D eigenvalue weighted by atomic mass is 16.4. The molecule has 0 aromatic rings. The van der Waals surface area contributed by atoms with Crippen LogP contribution >= 0.6 is 0 Å². The summed E-state index contributed by atoms with van der Waals surface area (Å²) in [4.78, 5) is 37.6. The normalized spacial score (nSPS) is 11.5. The van der Waals surface area contributed by atoms with Crippen molar-refractivity contribution in [2.45, 2.75) is 57.6 Å². The lowest BCUT2D eigenvalue weighted by atomic mass is 10.1. The Morgan fingerprint density at radius 1 is 0.893 bits per heavy atom. The third kappa shape index (κ3) is 17.0. The predicted octanol–water partition coefficient (Wildman–Crippen LogP) is -1.39. The number of amides is 2. The highest BCUT2D eigenvalue weighted by Gasteiger charge is 2.16. The topological polar surface area (TPSA) is 192 Å². The van der Waals surface area contributed by atoms with E-state index in [-0.39, 0.29) is 24.7 Å². The summed E-state index contributed by atoms with van der Waals surface area (Å²) in [5.41, 5.74) is 10.4. The summed E-state index contributed by atoms with van der Waals surface area (Å²) in [6.45, 7) is 1.98. The molecule has 0 saturated carbocycles. The average Bonchev–Trinajstić information content (AvgIpc) is 2.62. The zero-order chi connectivity index (χ0) is 21.2. The molecular formula is C17H34N6O5. The maximum absolute atomic E-state index is 11.7. The van der Waals surface area contributed by atoms with Gasteiger partial charge < -0.3 is 37.6 Å². The minimum Gasteiger partial charge on any atom is -0.481 e. The van der Waals surface area contributed by atoms with Gasteiger partial charge in [0.2, 0.25) is 12.1 Å². The maximum atomic E-state index is 11.7. The number of rotatable bonds is 17. The van der Waals surface area contributed by atoms with E-state index in [4.69, 9.17) is 16.6 Å². The van der Waals surface area contributed by atoms with Crippen LogP contribution in [-0.4, -0.2) is 66.4 Å². The van der Waals surface area contributed by atoms with Gasteiger partial charge in [-0.1, -0.05) is 12.8 Å². The van der Waals surface area contributed by atoms with Gasteiger partial charge in [0.05, 0.1) is 6.42 Å². The van der Waals surface area contributed by atoms with E-state index < -0.39 is 18.1 Å². The van der Waals surface area contributed by atoms with Crippen LogP contribution in [0.1, 0.15) is 51.4 Å². The molecule has 0 aliphatic heterocycles. The van der Waals surface area contributed by atoms with Crippen LogP contribution in [-0.2, 0) is 14.4 Å². The van der Waals surface area contributed by atoms with Gasteiger partial charge in [0.1, 0.15) is 0 Å². The van der Waals surface area contributed by atoms with Crippen molar-refractivity contribution in [3.63, 3.8) is 0 Å². The molecule has 162 valence electrons. The molecular weight excluding hydrogens is 368 g/mol. The van der Waals surface area contributed by atoms with Crippen molar-refractivity contribution in [3.8, 4) is 0 Å². The molecule has 0 aliphatic carbocycles. The second kappa shape index (κ2) is 16.8. The quantitative estimate of drug-likeness (QED) is 0.0668. The van der Waals surface area contributed by atoms with Crippen LogP contribution in [0.5, 0.6) is 0 Å². The van der Waals surface area contributed by atoms with Gasteiger partial charge in [-0.05, 0) is 32.2 Å². The number of aliphatic carboxylic acids is 1. The number of nitrogens with two attached hydrogens (primary N) is 2. The second-order valence-corrected chi connectivity index (χ2v) is 6.33.